The van der Waals surface area contributed by atoms with E-state index < -0.39 is 26.6 Å². The summed E-state index contributed by atoms with van der Waals surface area (Å²) in [4.78, 5) is 1.37. The maximum atomic E-state index is 14.7. The summed E-state index contributed by atoms with van der Waals surface area (Å²) in [5.74, 6) is -1.60. The fraction of sp³-hybridized carbons (Fsp3) is 0.200. The van der Waals surface area contributed by atoms with Crippen LogP contribution < -0.4 is 20.7 Å². The molecule has 1 aliphatic heterocycles. The van der Waals surface area contributed by atoms with E-state index in [1.54, 1.807) is 0 Å². The molecule has 6 nitrogen and oxygen atoms in total. The van der Waals surface area contributed by atoms with Crippen molar-refractivity contribution in [3.05, 3.63) is 70.2 Å². The predicted molar refractivity (Wildman–Crippen MR) is 123 cm³/mol. The molecule has 1 saturated heterocycles. The molecular formula is C20H21ClF2N4O2S2. The van der Waals surface area contributed by atoms with E-state index in [1.165, 1.54) is 29.0 Å². The second kappa shape index (κ2) is 9.80. The largest absolute Gasteiger partial charge is 0.384 e. The zero-order chi connectivity index (χ0) is 22.6. The second-order valence-corrected chi connectivity index (χ2v) is 9.62. The Bertz CT molecular complexity index is 1120. The topological polar surface area (TPSA) is 87.5 Å². The number of anilines is 3. The fourth-order valence-corrected chi connectivity index (χ4v) is 4.88. The standard InChI is InChI=1S/C20H21ClF2N4O2S2/c1-2-30-12-20(24)26-31(28,29)19-10-14(21)17(11-15(19)23)25-16-6-5-13(22)9-18(16)27-7-3-4-8-27/h2,5-6,9-12,25-26H,1,3-4,7-8,24H2/b20-12+. The van der Waals surface area contributed by atoms with Gasteiger partial charge in [0.2, 0.25) is 0 Å². The minimum Gasteiger partial charge on any atom is -0.384 e. The number of thioether (sulfide) groups is 1. The molecule has 0 atom stereocenters. The molecule has 31 heavy (non-hydrogen) atoms. The maximum Gasteiger partial charge on any atom is 0.265 e. The molecular weight excluding hydrogens is 466 g/mol. The van der Waals surface area contributed by atoms with Crippen LogP contribution in [0.2, 0.25) is 5.02 Å². The summed E-state index contributed by atoms with van der Waals surface area (Å²) in [5.41, 5.74) is 6.90. The summed E-state index contributed by atoms with van der Waals surface area (Å²) in [5, 5.41) is 5.72. The highest BCUT2D eigenvalue weighted by molar-refractivity contribution is 8.04. The van der Waals surface area contributed by atoms with Crippen molar-refractivity contribution in [3.8, 4) is 0 Å². The molecule has 1 aliphatic rings. The molecule has 4 N–H and O–H groups in total. The zero-order valence-corrected chi connectivity index (χ0v) is 18.8. The summed E-state index contributed by atoms with van der Waals surface area (Å²) in [7, 11) is -4.30. The number of benzene rings is 2. The molecule has 2 aromatic carbocycles. The van der Waals surface area contributed by atoms with Crippen LogP contribution >= 0.6 is 23.4 Å². The Kier molecular flexibility index (Phi) is 7.34. The number of nitrogens with zero attached hydrogens (tertiary/aromatic N) is 1. The highest BCUT2D eigenvalue weighted by Crippen LogP contribution is 2.36. The van der Waals surface area contributed by atoms with Crippen molar-refractivity contribution in [2.75, 3.05) is 23.3 Å². The first-order valence-corrected chi connectivity index (χ1v) is 12.1. The lowest BCUT2D eigenvalue weighted by molar-refractivity contribution is 0.562. The number of rotatable bonds is 8. The predicted octanol–water partition coefficient (Wildman–Crippen LogP) is 4.87. The van der Waals surface area contributed by atoms with E-state index in [-0.39, 0.29) is 16.5 Å². The summed E-state index contributed by atoms with van der Waals surface area (Å²) in [6.45, 7) is 5.03. The van der Waals surface area contributed by atoms with Crippen LogP contribution in [0.15, 0.2) is 58.4 Å². The molecule has 0 aromatic heterocycles. The van der Waals surface area contributed by atoms with Gasteiger partial charge < -0.3 is 16.0 Å². The third-order valence-corrected chi connectivity index (χ3v) is 6.82. The Hall–Kier alpha value is -2.43. The molecule has 166 valence electrons. The first-order valence-electron chi connectivity index (χ1n) is 9.26. The molecule has 11 heteroatoms. The van der Waals surface area contributed by atoms with Crippen molar-refractivity contribution in [1.29, 1.82) is 0 Å². The van der Waals surface area contributed by atoms with Crippen molar-refractivity contribution >= 4 is 50.4 Å². The summed E-state index contributed by atoms with van der Waals surface area (Å²) in [6, 6.07) is 6.19. The Morgan fingerprint density at radius 1 is 1.19 bits per heavy atom. The van der Waals surface area contributed by atoms with Gasteiger partial charge in [-0.3, -0.25) is 4.72 Å². The Morgan fingerprint density at radius 3 is 2.58 bits per heavy atom. The average Bonchev–Trinajstić information content (AvgIpc) is 3.24. The van der Waals surface area contributed by atoms with Gasteiger partial charge in [0, 0.05) is 24.6 Å². The van der Waals surface area contributed by atoms with E-state index in [4.69, 9.17) is 17.3 Å². The highest BCUT2D eigenvalue weighted by Gasteiger charge is 2.23. The lowest BCUT2D eigenvalue weighted by Crippen LogP contribution is -2.28. The van der Waals surface area contributed by atoms with Crippen LogP contribution in [0.4, 0.5) is 25.8 Å². The smallest absolute Gasteiger partial charge is 0.265 e. The van der Waals surface area contributed by atoms with Crippen LogP contribution in [0.5, 0.6) is 0 Å². The molecule has 0 unspecified atom stereocenters. The number of sulfonamides is 1. The van der Waals surface area contributed by atoms with E-state index in [9.17, 15) is 17.2 Å². The highest BCUT2D eigenvalue weighted by atomic mass is 35.5. The van der Waals surface area contributed by atoms with Crippen molar-refractivity contribution in [1.82, 2.24) is 4.72 Å². The first-order chi connectivity index (χ1) is 14.7. The van der Waals surface area contributed by atoms with Crippen LogP contribution in [-0.4, -0.2) is 21.5 Å². The van der Waals surface area contributed by atoms with E-state index in [1.807, 2.05) is 4.90 Å². The van der Waals surface area contributed by atoms with Gasteiger partial charge in [-0.2, -0.15) is 0 Å². The van der Waals surface area contributed by atoms with Gasteiger partial charge in [-0.15, -0.1) is 11.8 Å². The van der Waals surface area contributed by atoms with Crippen LogP contribution in [0, 0.1) is 11.6 Å². The molecule has 1 heterocycles. The van der Waals surface area contributed by atoms with Gasteiger partial charge in [-0.1, -0.05) is 18.2 Å². The third-order valence-electron chi connectivity index (χ3n) is 4.53. The SMILES string of the molecule is C=CS/C=C(\N)NS(=O)(=O)c1cc(Cl)c(Nc2ccc(F)cc2N2CCCC2)cc1F. The number of halogens is 3. The van der Waals surface area contributed by atoms with Crippen molar-refractivity contribution in [2.24, 2.45) is 5.73 Å². The Morgan fingerprint density at radius 2 is 1.90 bits per heavy atom. The molecule has 2 aromatic rings. The summed E-state index contributed by atoms with van der Waals surface area (Å²) >= 11 is 7.31. The van der Waals surface area contributed by atoms with Crippen LogP contribution in [0.25, 0.3) is 0 Å². The fourth-order valence-electron chi connectivity index (χ4n) is 3.16. The van der Waals surface area contributed by atoms with Gasteiger partial charge in [0.15, 0.2) is 0 Å². The molecule has 0 bridgehead atoms. The number of nitrogens with one attached hydrogen (secondary N) is 2. The lowest BCUT2D eigenvalue weighted by atomic mass is 10.2. The molecule has 0 amide bonds. The van der Waals surface area contributed by atoms with Gasteiger partial charge >= 0.3 is 0 Å². The Labute approximate surface area is 189 Å². The molecule has 3 rings (SSSR count). The van der Waals surface area contributed by atoms with Crippen molar-refractivity contribution in [2.45, 2.75) is 17.7 Å². The average molecular weight is 487 g/mol. The van der Waals surface area contributed by atoms with Crippen LogP contribution in [-0.2, 0) is 10.0 Å². The van der Waals surface area contributed by atoms with Gasteiger partial charge in [-0.25, -0.2) is 17.2 Å². The van der Waals surface area contributed by atoms with Gasteiger partial charge in [-0.05, 0) is 42.5 Å². The molecule has 0 spiro atoms. The van der Waals surface area contributed by atoms with Gasteiger partial charge in [0.25, 0.3) is 10.0 Å². The van der Waals surface area contributed by atoms with Crippen molar-refractivity contribution in [3.63, 3.8) is 0 Å². The second-order valence-electron chi connectivity index (χ2n) is 6.72. The van der Waals surface area contributed by atoms with E-state index in [0.29, 0.717) is 11.4 Å². The van der Waals surface area contributed by atoms with E-state index >= 15 is 0 Å². The number of hydrogen-bond acceptors (Lipinski definition) is 6. The minimum atomic E-state index is -4.30. The normalized spacial score (nSPS) is 14.5. The summed E-state index contributed by atoms with van der Waals surface area (Å²) in [6.07, 6.45) is 1.99. The number of hydrogen-bond donors (Lipinski definition) is 3. The maximum absolute atomic E-state index is 14.7. The van der Waals surface area contributed by atoms with Crippen LogP contribution in [0.3, 0.4) is 0 Å². The molecule has 1 fully saturated rings. The number of nitrogens with two attached hydrogens (primary N) is 1. The van der Waals surface area contributed by atoms with Gasteiger partial charge in [0.1, 0.15) is 22.4 Å². The molecule has 0 saturated carbocycles. The van der Waals surface area contributed by atoms with Gasteiger partial charge in [0.05, 0.1) is 22.1 Å². The summed E-state index contributed by atoms with van der Waals surface area (Å²) < 4.78 is 55.6. The lowest BCUT2D eigenvalue weighted by Gasteiger charge is -2.22. The Balaban J connectivity index is 1.91. The van der Waals surface area contributed by atoms with Crippen molar-refractivity contribution < 1.29 is 17.2 Å². The van der Waals surface area contributed by atoms with Crippen LogP contribution in [0.1, 0.15) is 12.8 Å². The monoisotopic (exact) mass is 486 g/mol. The first kappa shape index (κ1) is 23.2. The van der Waals surface area contributed by atoms with E-state index in [0.717, 1.165) is 49.8 Å². The quantitative estimate of drug-likeness (QED) is 0.493. The third kappa shape index (κ3) is 5.63. The molecule has 0 aliphatic carbocycles. The molecule has 0 radical (unpaired) electrons. The minimum absolute atomic E-state index is 0.0264. The zero-order valence-electron chi connectivity index (χ0n) is 16.4. The van der Waals surface area contributed by atoms with E-state index in [2.05, 4.69) is 16.6 Å².